The number of aliphatic hydroxyl groups is 1. The van der Waals surface area contributed by atoms with E-state index in [1.807, 2.05) is 38.1 Å². The maximum Gasteiger partial charge on any atom is 0.338 e. The Balaban J connectivity index is 1.34. The molecule has 0 amide bonds. The van der Waals surface area contributed by atoms with E-state index in [-0.39, 0.29) is 13.2 Å². The molecule has 2 aliphatic heterocycles. The molecule has 1 fully saturated rings. The van der Waals surface area contributed by atoms with Gasteiger partial charge in [0, 0.05) is 6.42 Å². The number of aryl methyl sites for hydroxylation is 2. The van der Waals surface area contributed by atoms with Crippen molar-refractivity contribution in [1.29, 1.82) is 0 Å². The number of hydrogen-bond acceptors (Lipinski definition) is 9. The van der Waals surface area contributed by atoms with Gasteiger partial charge in [-0.15, -0.1) is 0 Å². The number of ether oxygens (including phenoxy) is 3. The lowest BCUT2D eigenvalue weighted by Gasteiger charge is -2.19. The van der Waals surface area contributed by atoms with Gasteiger partial charge in [0.2, 0.25) is 0 Å². The van der Waals surface area contributed by atoms with Crippen molar-refractivity contribution < 1.29 is 28.9 Å². The van der Waals surface area contributed by atoms with Gasteiger partial charge < -0.3 is 24.6 Å². The molecule has 0 spiro atoms. The van der Waals surface area contributed by atoms with Crippen LogP contribution in [0.15, 0.2) is 59.9 Å². The number of fused-ring (bicyclic) bond motifs is 1. The third kappa shape index (κ3) is 5.40. The fourth-order valence-corrected chi connectivity index (χ4v) is 4.30. The van der Waals surface area contributed by atoms with E-state index in [4.69, 9.17) is 14.2 Å². The van der Waals surface area contributed by atoms with Gasteiger partial charge in [0.25, 0.3) is 0 Å². The van der Waals surface area contributed by atoms with E-state index in [1.54, 1.807) is 35.2 Å². The molecule has 10 heteroatoms. The number of carbonyl (C=O) groups is 2. The summed E-state index contributed by atoms with van der Waals surface area (Å²) in [6.07, 6.45) is 0.513. The Morgan fingerprint density at radius 3 is 2.38 bits per heavy atom. The van der Waals surface area contributed by atoms with E-state index in [9.17, 15) is 14.7 Å². The second kappa shape index (κ2) is 10.5. The van der Waals surface area contributed by atoms with E-state index in [1.165, 1.54) is 6.34 Å². The van der Waals surface area contributed by atoms with Crippen molar-refractivity contribution in [2.24, 2.45) is 4.99 Å². The van der Waals surface area contributed by atoms with Gasteiger partial charge in [-0.1, -0.05) is 35.4 Å². The number of nitrogens with one attached hydrogen (secondary N) is 1. The Morgan fingerprint density at radius 1 is 1.05 bits per heavy atom. The quantitative estimate of drug-likeness (QED) is 0.490. The SMILES string of the molecule is Cc1ccc(C(=O)OC[C@H]2O[C@@H](n3cnc4c3NC=NC[C@H]4O)C[C@H]2OC(=O)c2ccc(C)cc2)cc1. The highest BCUT2D eigenvalue weighted by molar-refractivity contribution is 5.90. The molecule has 37 heavy (non-hydrogen) atoms. The molecule has 2 aliphatic rings. The molecule has 192 valence electrons. The molecule has 2 aromatic carbocycles. The zero-order valence-electron chi connectivity index (χ0n) is 20.5. The number of rotatable bonds is 6. The van der Waals surface area contributed by atoms with Crippen molar-refractivity contribution in [3.8, 4) is 0 Å². The first-order valence-electron chi connectivity index (χ1n) is 12.1. The van der Waals surface area contributed by atoms with Crippen molar-refractivity contribution in [1.82, 2.24) is 9.55 Å². The third-order valence-electron chi connectivity index (χ3n) is 6.41. The second-order valence-corrected chi connectivity index (χ2v) is 9.18. The molecule has 0 unspecified atom stereocenters. The van der Waals surface area contributed by atoms with Crippen LogP contribution in [0.1, 0.15) is 56.3 Å². The third-order valence-corrected chi connectivity index (χ3v) is 6.41. The molecular weight excluding hydrogens is 476 g/mol. The number of benzene rings is 2. The molecule has 10 nitrogen and oxygen atoms in total. The van der Waals surface area contributed by atoms with Gasteiger partial charge in [-0.3, -0.25) is 9.56 Å². The Morgan fingerprint density at radius 2 is 1.70 bits per heavy atom. The molecule has 4 atom stereocenters. The maximum atomic E-state index is 12.9. The number of carbonyl (C=O) groups excluding carboxylic acids is 2. The van der Waals surface area contributed by atoms with Crippen LogP contribution >= 0.6 is 0 Å². The van der Waals surface area contributed by atoms with Crippen molar-refractivity contribution in [2.75, 3.05) is 18.5 Å². The van der Waals surface area contributed by atoms with Crippen LogP contribution in [0.4, 0.5) is 5.82 Å². The number of imidazole rings is 1. The highest BCUT2D eigenvalue weighted by atomic mass is 16.6. The molecule has 1 aromatic heterocycles. The summed E-state index contributed by atoms with van der Waals surface area (Å²) in [5.41, 5.74) is 3.35. The van der Waals surface area contributed by atoms with Crippen LogP contribution in [0, 0.1) is 13.8 Å². The van der Waals surface area contributed by atoms with Gasteiger partial charge in [-0.05, 0) is 38.1 Å². The largest absolute Gasteiger partial charge is 0.459 e. The molecule has 5 rings (SSSR count). The van der Waals surface area contributed by atoms with Crippen LogP contribution in [0.3, 0.4) is 0 Å². The highest BCUT2D eigenvalue weighted by Gasteiger charge is 2.41. The summed E-state index contributed by atoms with van der Waals surface area (Å²) in [5.74, 6) is -0.443. The fraction of sp³-hybridized carbons (Fsp3) is 0.333. The zero-order chi connectivity index (χ0) is 25.9. The number of esters is 2. The molecule has 3 heterocycles. The van der Waals surface area contributed by atoms with E-state index < -0.39 is 36.5 Å². The topological polar surface area (TPSA) is 124 Å². The number of aliphatic hydroxyl groups excluding tert-OH is 1. The van der Waals surface area contributed by atoms with E-state index >= 15 is 0 Å². The summed E-state index contributed by atoms with van der Waals surface area (Å²) in [6, 6.07) is 14.2. The van der Waals surface area contributed by atoms with Gasteiger partial charge in [-0.25, -0.2) is 14.6 Å². The number of nitrogens with zero attached hydrogens (tertiary/aromatic N) is 3. The first-order valence-corrected chi connectivity index (χ1v) is 12.1. The molecule has 3 aromatic rings. The van der Waals surface area contributed by atoms with Crippen molar-refractivity contribution in [3.05, 3.63) is 82.8 Å². The first-order chi connectivity index (χ1) is 17.9. The standard InChI is InChI=1S/C27H28N4O6/c1-16-3-7-18(8-4-16)26(33)35-13-22-21(37-27(34)19-9-5-17(2)6-10-19)11-23(36-22)31-15-30-24-20(32)12-28-14-29-25(24)31/h3-10,14-15,20-23,32H,11-13H2,1-2H3,(H,28,29)/t20-,21-,22-,23-/m1/s1. The van der Waals surface area contributed by atoms with E-state index in [2.05, 4.69) is 15.3 Å². The van der Waals surface area contributed by atoms with E-state index in [0.29, 0.717) is 29.1 Å². The molecular formula is C27H28N4O6. The van der Waals surface area contributed by atoms with Gasteiger partial charge >= 0.3 is 11.9 Å². The summed E-state index contributed by atoms with van der Waals surface area (Å²) in [5, 5.41) is 13.4. The van der Waals surface area contributed by atoms with Crippen molar-refractivity contribution >= 4 is 24.1 Å². The van der Waals surface area contributed by atoms with Crippen LogP contribution < -0.4 is 5.32 Å². The predicted octanol–water partition coefficient (Wildman–Crippen LogP) is 3.36. The number of aliphatic imine (C=N–C) groups is 1. The van der Waals surface area contributed by atoms with Crippen LogP contribution in [0.2, 0.25) is 0 Å². The minimum atomic E-state index is -0.856. The average molecular weight is 505 g/mol. The van der Waals surface area contributed by atoms with Gasteiger partial charge in [0.15, 0.2) is 0 Å². The molecule has 0 radical (unpaired) electrons. The summed E-state index contributed by atoms with van der Waals surface area (Å²) in [7, 11) is 0. The molecule has 2 N–H and O–H groups in total. The normalized spacial score (nSPS) is 22.6. The van der Waals surface area contributed by atoms with E-state index in [0.717, 1.165) is 11.1 Å². The van der Waals surface area contributed by atoms with Crippen LogP contribution in [-0.4, -0.2) is 58.3 Å². The molecule has 1 saturated heterocycles. The Bertz CT molecular complexity index is 1300. The van der Waals surface area contributed by atoms with Gasteiger partial charge in [0.1, 0.15) is 42.7 Å². The smallest absolute Gasteiger partial charge is 0.338 e. The molecule has 0 bridgehead atoms. The van der Waals surface area contributed by atoms with Crippen LogP contribution in [0.25, 0.3) is 0 Å². The number of anilines is 1. The Kier molecular flexibility index (Phi) is 7.02. The second-order valence-electron chi connectivity index (χ2n) is 9.18. The van der Waals surface area contributed by atoms with Crippen LogP contribution in [0.5, 0.6) is 0 Å². The molecule has 0 aliphatic carbocycles. The monoisotopic (exact) mass is 504 g/mol. The Hall–Kier alpha value is -4.02. The number of hydrogen-bond donors (Lipinski definition) is 2. The zero-order valence-corrected chi connectivity index (χ0v) is 20.5. The van der Waals surface area contributed by atoms with Gasteiger partial charge in [-0.2, -0.15) is 0 Å². The summed E-state index contributed by atoms with van der Waals surface area (Å²) >= 11 is 0. The minimum Gasteiger partial charge on any atom is -0.459 e. The summed E-state index contributed by atoms with van der Waals surface area (Å²) in [4.78, 5) is 33.9. The lowest BCUT2D eigenvalue weighted by atomic mass is 10.1. The van der Waals surface area contributed by atoms with Crippen LogP contribution in [-0.2, 0) is 14.2 Å². The number of aromatic nitrogens is 2. The summed E-state index contributed by atoms with van der Waals surface area (Å²) in [6.45, 7) is 3.96. The Labute approximate surface area is 213 Å². The first kappa shape index (κ1) is 24.7. The molecule has 0 saturated carbocycles. The van der Waals surface area contributed by atoms with Crippen molar-refractivity contribution in [2.45, 2.75) is 44.8 Å². The maximum absolute atomic E-state index is 12.9. The average Bonchev–Trinajstić information content (AvgIpc) is 3.44. The van der Waals surface area contributed by atoms with Gasteiger partial charge in [0.05, 0.1) is 30.3 Å². The lowest BCUT2D eigenvalue weighted by Crippen LogP contribution is -2.32. The summed E-state index contributed by atoms with van der Waals surface area (Å²) < 4.78 is 19.3. The highest BCUT2D eigenvalue weighted by Crippen LogP contribution is 2.36. The lowest BCUT2D eigenvalue weighted by molar-refractivity contribution is -0.0567. The fourth-order valence-electron chi connectivity index (χ4n) is 4.30. The minimum absolute atomic E-state index is 0.108. The van der Waals surface area contributed by atoms with Crippen molar-refractivity contribution in [3.63, 3.8) is 0 Å². The predicted molar refractivity (Wildman–Crippen MR) is 135 cm³/mol.